The van der Waals surface area contributed by atoms with Crippen molar-refractivity contribution in [3.63, 3.8) is 0 Å². The summed E-state index contributed by atoms with van der Waals surface area (Å²) in [6.45, 7) is 4.17. The SMILES string of the molecule is CC(=O)C=C(O)NC1CCC(O)CC1.CC(=O)C=C(O)NC1CCC(O)CC1.CC(=O)C=C(O)NC1CCC(O)CC1.[Fe]. The van der Waals surface area contributed by atoms with Crippen molar-refractivity contribution in [1.29, 1.82) is 0 Å². The molecule has 0 aromatic heterocycles. The van der Waals surface area contributed by atoms with Crippen molar-refractivity contribution in [3.8, 4) is 0 Å². The Bertz CT molecular complexity index is 814. The molecule has 0 unspecified atom stereocenters. The fourth-order valence-corrected chi connectivity index (χ4v) is 4.99. The summed E-state index contributed by atoms with van der Waals surface area (Å²) in [5.41, 5.74) is 0. The fourth-order valence-electron chi connectivity index (χ4n) is 4.99. The first-order valence-corrected chi connectivity index (χ1v) is 14.8. The minimum Gasteiger partial charge on any atom is -0.495 e. The van der Waals surface area contributed by atoms with Crippen LogP contribution in [0.1, 0.15) is 97.8 Å². The van der Waals surface area contributed by atoms with Gasteiger partial charge < -0.3 is 46.6 Å². The second kappa shape index (κ2) is 22.0. The Morgan fingerprint density at radius 2 is 0.651 bits per heavy atom. The van der Waals surface area contributed by atoms with Gasteiger partial charge in [-0.05, 0) is 97.8 Å². The Balaban J connectivity index is 0.000000608. The Labute approximate surface area is 265 Å². The van der Waals surface area contributed by atoms with Gasteiger partial charge in [0.25, 0.3) is 0 Å². The molecule has 0 bridgehead atoms. The van der Waals surface area contributed by atoms with Crippen LogP contribution in [-0.4, -0.2) is 84.4 Å². The standard InChI is InChI=1S/3C10H17NO3.Fe/c3*1-7(12)6-10(14)11-8-2-4-9(13)5-3-8;/h3*6,8-9,11,13-14H,2-5H2,1H3;. The number of aliphatic hydroxyl groups excluding tert-OH is 6. The number of allylic oxidation sites excluding steroid dienone is 3. The van der Waals surface area contributed by atoms with Crippen molar-refractivity contribution in [2.45, 2.75) is 134 Å². The molecular formula is C30H51FeN3O9. The van der Waals surface area contributed by atoms with Gasteiger partial charge in [0.15, 0.2) is 35.0 Å². The van der Waals surface area contributed by atoms with Crippen LogP contribution in [0.3, 0.4) is 0 Å². The monoisotopic (exact) mass is 653 g/mol. The predicted molar refractivity (Wildman–Crippen MR) is 158 cm³/mol. The topological polar surface area (TPSA) is 209 Å². The first-order valence-electron chi connectivity index (χ1n) is 14.8. The van der Waals surface area contributed by atoms with Crippen LogP contribution < -0.4 is 16.0 Å². The first kappa shape index (κ1) is 40.4. The van der Waals surface area contributed by atoms with Gasteiger partial charge in [-0.25, -0.2) is 0 Å². The van der Waals surface area contributed by atoms with Gasteiger partial charge in [0.05, 0.1) is 18.3 Å². The summed E-state index contributed by atoms with van der Waals surface area (Å²) in [7, 11) is 0. The maximum atomic E-state index is 10.6. The molecule has 3 fully saturated rings. The van der Waals surface area contributed by atoms with Gasteiger partial charge in [0.1, 0.15) is 0 Å². The molecular weight excluding hydrogens is 602 g/mol. The molecule has 3 saturated carbocycles. The third-order valence-electron chi connectivity index (χ3n) is 7.17. The van der Waals surface area contributed by atoms with Crippen molar-refractivity contribution < 1.29 is 62.1 Å². The summed E-state index contributed by atoms with van der Waals surface area (Å²) < 4.78 is 0. The molecule has 0 aromatic rings. The van der Waals surface area contributed by atoms with Gasteiger partial charge in [-0.1, -0.05) is 0 Å². The number of nitrogens with one attached hydrogen (secondary N) is 3. The molecule has 12 nitrogen and oxygen atoms in total. The van der Waals surface area contributed by atoms with Crippen LogP contribution >= 0.6 is 0 Å². The van der Waals surface area contributed by atoms with E-state index >= 15 is 0 Å². The summed E-state index contributed by atoms with van der Waals surface area (Å²) in [5, 5.41) is 64.2. The molecule has 0 aromatic carbocycles. The Morgan fingerprint density at radius 3 is 0.814 bits per heavy atom. The van der Waals surface area contributed by atoms with E-state index in [1.807, 2.05) is 0 Å². The summed E-state index contributed by atoms with van der Waals surface area (Å²) in [5.74, 6) is -0.737. The average Bonchev–Trinajstić information content (AvgIpc) is 2.87. The number of hydrogen-bond acceptors (Lipinski definition) is 12. The molecule has 43 heavy (non-hydrogen) atoms. The minimum atomic E-state index is -0.202. The average molecular weight is 654 g/mol. The Hall–Kier alpha value is -2.57. The molecule has 3 aliphatic rings. The summed E-state index contributed by atoms with van der Waals surface area (Å²) >= 11 is 0. The molecule has 0 atom stereocenters. The van der Waals surface area contributed by atoms with E-state index in [2.05, 4.69) is 16.0 Å². The Kier molecular flexibility index (Phi) is 20.7. The van der Waals surface area contributed by atoms with Crippen LogP contribution in [0.15, 0.2) is 35.9 Å². The minimum absolute atomic E-state index is 0. The van der Waals surface area contributed by atoms with Gasteiger partial charge in [0.2, 0.25) is 0 Å². The largest absolute Gasteiger partial charge is 0.495 e. The molecule has 0 radical (unpaired) electrons. The van der Waals surface area contributed by atoms with Gasteiger partial charge >= 0.3 is 0 Å². The van der Waals surface area contributed by atoms with E-state index in [9.17, 15) is 45.0 Å². The van der Waals surface area contributed by atoms with E-state index in [1.54, 1.807) is 0 Å². The molecule has 0 heterocycles. The number of hydrogen-bond donors (Lipinski definition) is 9. The quantitative estimate of drug-likeness (QED) is 0.1000. The van der Waals surface area contributed by atoms with Crippen molar-refractivity contribution in [2.75, 3.05) is 0 Å². The normalized spacial score (nSPS) is 27.9. The number of aliphatic hydroxyl groups is 6. The van der Waals surface area contributed by atoms with Gasteiger partial charge in [0, 0.05) is 53.4 Å². The van der Waals surface area contributed by atoms with Gasteiger partial charge in [-0.2, -0.15) is 0 Å². The second-order valence-corrected chi connectivity index (χ2v) is 11.4. The van der Waals surface area contributed by atoms with Crippen molar-refractivity contribution >= 4 is 17.3 Å². The van der Waals surface area contributed by atoms with Crippen molar-refractivity contribution in [2.24, 2.45) is 0 Å². The molecule has 0 aliphatic heterocycles. The Morgan fingerprint density at radius 1 is 0.465 bits per heavy atom. The molecule has 3 rings (SSSR count). The third kappa shape index (κ3) is 20.9. The first-order chi connectivity index (χ1) is 19.7. The van der Waals surface area contributed by atoms with Gasteiger partial charge in [-0.3, -0.25) is 14.4 Å². The molecule has 9 N–H and O–H groups in total. The zero-order chi connectivity index (χ0) is 31.7. The van der Waals surface area contributed by atoms with Crippen LogP contribution in [0.4, 0.5) is 0 Å². The van der Waals surface area contributed by atoms with Crippen LogP contribution in [0.5, 0.6) is 0 Å². The van der Waals surface area contributed by atoms with Crippen molar-refractivity contribution in [3.05, 3.63) is 35.9 Å². The smallest absolute Gasteiger partial charge is 0.187 e. The summed E-state index contributed by atoms with van der Waals surface area (Å²) in [4.78, 5) is 31.9. The van der Waals surface area contributed by atoms with E-state index in [0.29, 0.717) is 0 Å². The number of carbonyl (C=O) groups is 3. The van der Waals surface area contributed by atoms with E-state index in [1.165, 1.54) is 39.0 Å². The molecule has 0 spiro atoms. The van der Waals surface area contributed by atoms with Crippen LogP contribution in [0, 0.1) is 0 Å². The van der Waals surface area contributed by atoms with E-state index < -0.39 is 0 Å². The predicted octanol–water partition coefficient (Wildman–Crippen LogP) is 2.60. The molecule has 0 amide bonds. The molecule has 3 aliphatic carbocycles. The summed E-state index contributed by atoms with van der Waals surface area (Å²) in [6, 6.07) is 0.525. The van der Waals surface area contributed by atoms with E-state index in [0.717, 1.165) is 77.0 Å². The molecule has 0 saturated heterocycles. The second-order valence-electron chi connectivity index (χ2n) is 11.4. The number of ketones is 3. The van der Waals surface area contributed by atoms with Gasteiger partial charge in [-0.15, -0.1) is 0 Å². The molecule has 13 heteroatoms. The molecule has 248 valence electrons. The van der Waals surface area contributed by atoms with Crippen molar-refractivity contribution in [1.82, 2.24) is 16.0 Å². The zero-order valence-electron chi connectivity index (χ0n) is 25.4. The maximum absolute atomic E-state index is 10.6. The van der Waals surface area contributed by atoms with Crippen LogP contribution in [0.2, 0.25) is 0 Å². The third-order valence-corrected chi connectivity index (χ3v) is 7.17. The summed E-state index contributed by atoms with van der Waals surface area (Å²) in [6.07, 6.45) is 12.4. The van der Waals surface area contributed by atoms with Crippen LogP contribution in [0.25, 0.3) is 0 Å². The zero-order valence-corrected chi connectivity index (χ0v) is 26.5. The van der Waals surface area contributed by atoms with E-state index in [-0.39, 0.29) is 88.5 Å². The van der Waals surface area contributed by atoms with E-state index in [4.69, 9.17) is 0 Å². The number of carbonyl (C=O) groups excluding carboxylic acids is 3. The fraction of sp³-hybridized carbons (Fsp3) is 0.700. The maximum Gasteiger partial charge on any atom is 0.187 e. The number of rotatable bonds is 9. The van der Waals surface area contributed by atoms with Crippen LogP contribution in [-0.2, 0) is 31.5 Å².